The zero-order chi connectivity index (χ0) is 9.90. The van der Waals surface area contributed by atoms with Crippen molar-refractivity contribution < 1.29 is 19.6 Å². The maximum Gasteiger partial charge on any atom is 0.602 e. The summed E-state index contributed by atoms with van der Waals surface area (Å²) >= 11 is 0. The van der Waals surface area contributed by atoms with Gasteiger partial charge in [0.15, 0.2) is 12.4 Å². The van der Waals surface area contributed by atoms with Gasteiger partial charge in [0.1, 0.15) is 5.60 Å². The van der Waals surface area contributed by atoms with Crippen molar-refractivity contribution in [3.63, 3.8) is 0 Å². The minimum absolute atomic E-state index is 0. The van der Waals surface area contributed by atoms with Crippen molar-refractivity contribution in [1.29, 1.82) is 0 Å². The summed E-state index contributed by atoms with van der Waals surface area (Å²) in [5.74, 6) is 0. The molecule has 1 rings (SSSR count). The van der Waals surface area contributed by atoms with Crippen LogP contribution in [0.2, 0.25) is 0 Å². The zero-order valence-electron chi connectivity index (χ0n) is 8.60. The Morgan fingerprint density at radius 1 is 1.14 bits per heavy atom. The number of ether oxygens (including phenoxy) is 1. The molecule has 4 heteroatoms. The summed E-state index contributed by atoms with van der Waals surface area (Å²) in [6.45, 7) is 5.52. The van der Waals surface area contributed by atoms with Crippen LogP contribution in [0.15, 0.2) is 30.6 Å². The van der Waals surface area contributed by atoms with Crippen molar-refractivity contribution in [1.82, 2.24) is 0 Å². The zero-order valence-corrected chi connectivity index (χ0v) is 8.60. The third-order valence-corrected chi connectivity index (χ3v) is 1.32. The number of carbonyl (C=O) groups is 1. The SMILES string of the molecule is CC(C)(C)OC(=O)[n+]1ccccc1.[OH-]. The van der Waals surface area contributed by atoms with Crippen LogP contribution in [0, 0.1) is 0 Å². The molecule has 0 fully saturated rings. The van der Waals surface area contributed by atoms with E-state index in [2.05, 4.69) is 0 Å². The smallest absolute Gasteiger partial charge is 0.602 e. The Bertz CT molecular complexity index is 290. The highest BCUT2D eigenvalue weighted by Gasteiger charge is 2.23. The molecular weight excluding hydrogens is 182 g/mol. The fourth-order valence-corrected chi connectivity index (χ4v) is 0.835. The Hall–Kier alpha value is -1.42. The van der Waals surface area contributed by atoms with E-state index in [9.17, 15) is 4.79 Å². The maximum absolute atomic E-state index is 11.4. The van der Waals surface area contributed by atoms with Gasteiger partial charge < -0.3 is 10.2 Å². The highest BCUT2D eigenvalue weighted by Crippen LogP contribution is 2.05. The van der Waals surface area contributed by atoms with E-state index in [1.807, 2.05) is 26.8 Å². The van der Waals surface area contributed by atoms with Gasteiger partial charge in [0, 0.05) is 12.1 Å². The van der Waals surface area contributed by atoms with Crippen LogP contribution in [0.4, 0.5) is 4.79 Å². The van der Waals surface area contributed by atoms with E-state index in [1.54, 1.807) is 24.5 Å². The fourth-order valence-electron chi connectivity index (χ4n) is 0.835. The first kappa shape index (κ1) is 12.6. The average molecular weight is 197 g/mol. The van der Waals surface area contributed by atoms with Gasteiger partial charge >= 0.3 is 6.09 Å². The number of nitrogens with zero attached hydrogens (tertiary/aromatic N) is 1. The number of aromatic nitrogens is 1. The molecule has 0 saturated carbocycles. The van der Waals surface area contributed by atoms with Crippen LogP contribution in [0.1, 0.15) is 20.8 Å². The van der Waals surface area contributed by atoms with Gasteiger partial charge in [-0.3, -0.25) is 0 Å². The highest BCUT2D eigenvalue weighted by atomic mass is 16.6. The van der Waals surface area contributed by atoms with Crippen LogP contribution in [0.25, 0.3) is 0 Å². The molecule has 0 saturated heterocycles. The third-order valence-electron chi connectivity index (χ3n) is 1.32. The summed E-state index contributed by atoms with van der Waals surface area (Å²) in [6.07, 6.45) is 2.97. The quantitative estimate of drug-likeness (QED) is 0.593. The molecule has 0 spiro atoms. The molecule has 0 bridgehead atoms. The highest BCUT2D eigenvalue weighted by molar-refractivity contribution is 5.57. The number of hydrogen-bond donors (Lipinski definition) is 0. The number of hydrogen-bond acceptors (Lipinski definition) is 3. The molecule has 0 atom stereocenters. The standard InChI is InChI=1S/C10H14NO2.H2O/c1-10(2,3)13-9(12)11-7-5-4-6-8-11;/h4-8H,1-3H3;1H2/q+1;/p-1. The summed E-state index contributed by atoms with van der Waals surface area (Å²) in [4.78, 5) is 11.4. The predicted molar refractivity (Wildman–Crippen MR) is 50.2 cm³/mol. The van der Waals surface area contributed by atoms with E-state index in [0.717, 1.165) is 0 Å². The Kier molecular flexibility index (Phi) is 4.24. The Labute approximate surface area is 83.4 Å². The van der Waals surface area contributed by atoms with Gasteiger partial charge in [0.25, 0.3) is 0 Å². The first-order chi connectivity index (χ1) is 5.99. The lowest BCUT2D eigenvalue weighted by Crippen LogP contribution is -2.45. The van der Waals surface area contributed by atoms with Crippen LogP contribution in [0.3, 0.4) is 0 Å². The van der Waals surface area contributed by atoms with Crippen molar-refractivity contribution in [2.24, 2.45) is 0 Å². The number of rotatable bonds is 0. The van der Waals surface area contributed by atoms with Crippen molar-refractivity contribution in [2.45, 2.75) is 26.4 Å². The molecule has 1 N–H and O–H groups in total. The first-order valence-electron chi connectivity index (χ1n) is 4.19. The molecule has 0 amide bonds. The van der Waals surface area contributed by atoms with E-state index in [0.29, 0.717) is 0 Å². The molecule has 0 unspecified atom stereocenters. The molecular formula is C10H15NO3. The minimum atomic E-state index is -0.445. The topological polar surface area (TPSA) is 60.2 Å². The summed E-state index contributed by atoms with van der Waals surface area (Å²) in [7, 11) is 0. The predicted octanol–water partition coefficient (Wildman–Crippen LogP) is 1.58. The Morgan fingerprint density at radius 2 is 1.64 bits per heavy atom. The molecule has 14 heavy (non-hydrogen) atoms. The van der Waals surface area contributed by atoms with Gasteiger partial charge in [-0.15, -0.1) is 0 Å². The minimum Gasteiger partial charge on any atom is -0.870 e. The maximum atomic E-state index is 11.4. The average Bonchev–Trinajstić information content (AvgIpc) is 2.03. The number of carbonyl (C=O) groups excluding carboxylic acids is 1. The molecule has 0 aliphatic carbocycles. The summed E-state index contributed by atoms with van der Waals surface area (Å²) in [5, 5.41) is 0. The molecule has 0 radical (unpaired) electrons. The van der Waals surface area contributed by atoms with E-state index < -0.39 is 5.60 Å². The van der Waals surface area contributed by atoms with Gasteiger partial charge in [0.2, 0.25) is 0 Å². The van der Waals surface area contributed by atoms with E-state index in [-0.39, 0.29) is 11.6 Å². The van der Waals surface area contributed by atoms with Gasteiger partial charge in [-0.05, 0) is 20.8 Å². The molecule has 0 aliphatic heterocycles. The van der Waals surface area contributed by atoms with Crippen LogP contribution in [-0.4, -0.2) is 17.2 Å². The van der Waals surface area contributed by atoms with Crippen LogP contribution in [-0.2, 0) is 4.74 Å². The molecule has 0 aliphatic rings. The first-order valence-corrected chi connectivity index (χ1v) is 4.19. The Balaban J connectivity index is 0.00000169. The summed E-state index contributed by atoms with van der Waals surface area (Å²) in [5.41, 5.74) is -0.445. The fraction of sp³-hybridized carbons (Fsp3) is 0.400. The monoisotopic (exact) mass is 197 g/mol. The lowest BCUT2D eigenvalue weighted by Gasteiger charge is -2.15. The van der Waals surface area contributed by atoms with Crippen molar-refractivity contribution in [3.05, 3.63) is 30.6 Å². The van der Waals surface area contributed by atoms with Crippen molar-refractivity contribution in [2.75, 3.05) is 0 Å². The normalized spacial score (nSPS) is 10.2. The lowest BCUT2D eigenvalue weighted by atomic mass is 10.2. The Morgan fingerprint density at radius 3 is 2.07 bits per heavy atom. The van der Waals surface area contributed by atoms with E-state index in [4.69, 9.17) is 4.74 Å². The molecule has 1 heterocycles. The molecule has 1 aromatic rings. The molecule has 78 valence electrons. The van der Waals surface area contributed by atoms with Crippen molar-refractivity contribution in [3.8, 4) is 0 Å². The van der Waals surface area contributed by atoms with Crippen LogP contribution in [0.5, 0.6) is 0 Å². The largest absolute Gasteiger partial charge is 0.870 e. The summed E-state index contributed by atoms with van der Waals surface area (Å²) in [6, 6.07) is 5.41. The van der Waals surface area contributed by atoms with Gasteiger partial charge in [-0.2, -0.15) is 4.79 Å². The third kappa shape index (κ3) is 4.00. The van der Waals surface area contributed by atoms with E-state index >= 15 is 0 Å². The van der Waals surface area contributed by atoms with Gasteiger partial charge in [0.05, 0.1) is 0 Å². The molecule has 1 aromatic heterocycles. The lowest BCUT2D eigenvalue weighted by molar-refractivity contribution is -0.588. The van der Waals surface area contributed by atoms with Crippen LogP contribution < -0.4 is 4.57 Å². The molecule has 0 aromatic carbocycles. The second-order valence-electron chi connectivity index (χ2n) is 3.76. The second-order valence-corrected chi connectivity index (χ2v) is 3.76. The molecule has 4 nitrogen and oxygen atoms in total. The van der Waals surface area contributed by atoms with Crippen molar-refractivity contribution >= 4 is 6.09 Å². The summed E-state index contributed by atoms with van der Waals surface area (Å²) < 4.78 is 6.56. The van der Waals surface area contributed by atoms with Gasteiger partial charge in [-0.25, -0.2) is 0 Å². The second kappa shape index (κ2) is 4.72. The van der Waals surface area contributed by atoms with Gasteiger partial charge in [-0.1, -0.05) is 10.6 Å². The van der Waals surface area contributed by atoms with E-state index in [1.165, 1.54) is 4.57 Å². The van der Waals surface area contributed by atoms with Crippen LogP contribution >= 0.6 is 0 Å². The number of pyridine rings is 1.